The quantitative estimate of drug-likeness (QED) is 0.129. The number of rotatable bonds is 16. The lowest BCUT2D eigenvalue weighted by Gasteiger charge is -2.33. The van der Waals surface area contributed by atoms with Crippen LogP contribution in [0.15, 0.2) is 60.7 Å². The molecule has 0 saturated heterocycles. The highest BCUT2D eigenvalue weighted by Gasteiger charge is 2.42. The number of hydrogen-bond donors (Lipinski definition) is 0. The van der Waals surface area contributed by atoms with Crippen molar-refractivity contribution in [3.63, 3.8) is 0 Å². The summed E-state index contributed by atoms with van der Waals surface area (Å²) in [6.45, 7) is 9.81. The fraction of sp³-hybridized carbons (Fsp3) is 0.436. The van der Waals surface area contributed by atoms with Gasteiger partial charge in [-0.05, 0) is 90.0 Å². The molecule has 0 N–H and O–H groups in total. The first kappa shape index (κ1) is 31.4. The lowest BCUT2D eigenvalue weighted by Crippen LogP contribution is -2.25. The molecule has 0 heterocycles. The van der Waals surface area contributed by atoms with Crippen molar-refractivity contribution in [3.8, 4) is 41.1 Å². The zero-order valence-corrected chi connectivity index (χ0v) is 25.8. The Hall–Kier alpha value is -3.50. The normalized spacial score (nSPS) is 12.6. The first-order valence-electron chi connectivity index (χ1n) is 15.8. The topological polar surface area (TPSA) is 27.7 Å². The van der Waals surface area contributed by atoms with Gasteiger partial charge in [-0.15, -0.1) is 6.42 Å². The second kappa shape index (κ2) is 16.2. The minimum atomic E-state index is -0.00792. The minimum absolute atomic E-state index is 0.00792. The summed E-state index contributed by atoms with van der Waals surface area (Å²) in [5, 5.41) is 0. The Morgan fingerprint density at radius 1 is 0.595 bits per heavy atom. The predicted molar refractivity (Wildman–Crippen MR) is 174 cm³/mol. The van der Waals surface area contributed by atoms with Gasteiger partial charge in [0.15, 0.2) is 0 Å². The molecule has 0 unspecified atom stereocenters. The predicted octanol–water partition coefficient (Wildman–Crippen LogP) is 8.93. The number of benzene rings is 3. The SMILES string of the molecule is C#Cc1ccc2c(c1)C(CCCC)(CCCC)c1cc(C#Cc3ccc(OCCOCCOCCCC)cc3)ccc1-2. The smallest absolute Gasteiger partial charge is 0.119 e. The van der Waals surface area contributed by atoms with E-state index in [1.165, 1.54) is 47.9 Å². The molecule has 220 valence electrons. The lowest BCUT2D eigenvalue weighted by atomic mass is 9.70. The van der Waals surface area contributed by atoms with Gasteiger partial charge >= 0.3 is 0 Å². The molecule has 3 aromatic carbocycles. The van der Waals surface area contributed by atoms with E-state index in [2.05, 4.69) is 74.9 Å². The summed E-state index contributed by atoms with van der Waals surface area (Å²) < 4.78 is 16.9. The molecule has 0 saturated carbocycles. The lowest BCUT2D eigenvalue weighted by molar-refractivity contribution is 0.0356. The van der Waals surface area contributed by atoms with E-state index in [1.54, 1.807) is 0 Å². The van der Waals surface area contributed by atoms with Crippen LogP contribution in [0.4, 0.5) is 0 Å². The molecule has 1 aliphatic rings. The standard InChI is InChI=1S/C39H46O3/c1-5-9-22-39(23-10-6-2)37-29-31(8-4)16-20-35(37)36-21-17-33(30-38(36)39)13-12-32-14-18-34(19-15-32)42-28-27-41-26-25-40-24-11-7-3/h4,14-21,29-30H,5-7,9-11,22-28H2,1-3H3. The molecule has 42 heavy (non-hydrogen) atoms. The summed E-state index contributed by atoms with van der Waals surface area (Å²) in [5.74, 6) is 10.5. The van der Waals surface area contributed by atoms with Crippen molar-refractivity contribution < 1.29 is 14.2 Å². The van der Waals surface area contributed by atoms with Crippen LogP contribution < -0.4 is 4.74 Å². The van der Waals surface area contributed by atoms with Gasteiger partial charge in [0, 0.05) is 28.7 Å². The number of terminal acetylenes is 1. The van der Waals surface area contributed by atoms with Crippen molar-refractivity contribution in [2.24, 2.45) is 0 Å². The molecule has 0 amide bonds. The van der Waals surface area contributed by atoms with Crippen molar-refractivity contribution in [2.75, 3.05) is 33.0 Å². The maximum Gasteiger partial charge on any atom is 0.119 e. The molecule has 1 aliphatic carbocycles. The fourth-order valence-corrected chi connectivity index (χ4v) is 5.85. The van der Waals surface area contributed by atoms with Crippen molar-refractivity contribution in [2.45, 2.75) is 77.6 Å². The Morgan fingerprint density at radius 2 is 1.12 bits per heavy atom. The Kier molecular flexibility index (Phi) is 12.1. The molecule has 4 rings (SSSR count). The highest BCUT2D eigenvalue weighted by Crippen LogP contribution is 2.54. The molecule has 3 nitrogen and oxygen atoms in total. The van der Waals surface area contributed by atoms with Gasteiger partial charge in [0.25, 0.3) is 0 Å². The van der Waals surface area contributed by atoms with Crippen molar-refractivity contribution in [1.82, 2.24) is 0 Å². The number of hydrogen-bond acceptors (Lipinski definition) is 3. The van der Waals surface area contributed by atoms with Crippen molar-refractivity contribution in [1.29, 1.82) is 0 Å². The van der Waals surface area contributed by atoms with Crippen LogP contribution in [0.5, 0.6) is 5.75 Å². The molecular formula is C39H46O3. The van der Waals surface area contributed by atoms with E-state index < -0.39 is 0 Å². The third-order valence-corrected chi connectivity index (χ3v) is 8.16. The molecule has 0 radical (unpaired) electrons. The Labute approximate surface area is 254 Å². The molecule has 0 spiro atoms. The molecular weight excluding hydrogens is 516 g/mol. The molecule has 3 aromatic rings. The van der Waals surface area contributed by atoms with Gasteiger partial charge < -0.3 is 14.2 Å². The van der Waals surface area contributed by atoms with Crippen LogP contribution >= 0.6 is 0 Å². The summed E-state index contributed by atoms with van der Waals surface area (Å²) >= 11 is 0. The zero-order chi connectivity index (χ0) is 29.6. The molecule has 0 fully saturated rings. The molecule has 0 aliphatic heterocycles. The van der Waals surface area contributed by atoms with Crippen LogP contribution in [-0.4, -0.2) is 33.0 Å². The van der Waals surface area contributed by atoms with E-state index in [0.717, 1.165) is 54.7 Å². The average molecular weight is 563 g/mol. The fourth-order valence-electron chi connectivity index (χ4n) is 5.85. The van der Waals surface area contributed by atoms with E-state index in [4.69, 9.17) is 20.6 Å². The average Bonchev–Trinajstić information content (AvgIpc) is 3.29. The van der Waals surface area contributed by atoms with Crippen molar-refractivity contribution in [3.05, 3.63) is 88.5 Å². The minimum Gasteiger partial charge on any atom is -0.491 e. The van der Waals surface area contributed by atoms with Crippen LogP contribution in [0.3, 0.4) is 0 Å². The summed E-state index contributed by atoms with van der Waals surface area (Å²) in [6.07, 6.45) is 15.1. The summed E-state index contributed by atoms with van der Waals surface area (Å²) in [5.41, 5.74) is 8.46. The number of fused-ring (bicyclic) bond motifs is 3. The number of unbranched alkanes of at least 4 members (excludes halogenated alkanes) is 3. The first-order valence-corrected chi connectivity index (χ1v) is 15.8. The second-order valence-corrected chi connectivity index (χ2v) is 11.2. The third kappa shape index (κ3) is 7.86. The van der Waals surface area contributed by atoms with Gasteiger partial charge in [-0.25, -0.2) is 0 Å². The second-order valence-electron chi connectivity index (χ2n) is 11.2. The van der Waals surface area contributed by atoms with Gasteiger partial charge in [0.05, 0.1) is 19.8 Å². The highest BCUT2D eigenvalue weighted by atomic mass is 16.5. The van der Waals surface area contributed by atoms with Crippen molar-refractivity contribution >= 4 is 0 Å². The monoisotopic (exact) mass is 562 g/mol. The largest absolute Gasteiger partial charge is 0.491 e. The van der Waals surface area contributed by atoms with E-state index in [1.807, 2.05) is 24.3 Å². The van der Waals surface area contributed by atoms with Crippen LogP contribution in [0.2, 0.25) is 0 Å². The number of ether oxygens (including phenoxy) is 3. The van der Waals surface area contributed by atoms with Gasteiger partial charge in [-0.1, -0.05) is 82.8 Å². The Bertz CT molecular complexity index is 1380. The van der Waals surface area contributed by atoms with Crippen LogP contribution in [0.1, 0.15) is 100.0 Å². The molecule has 3 heteroatoms. The first-order chi connectivity index (χ1) is 20.6. The van der Waals surface area contributed by atoms with Gasteiger partial charge in [-0.3, -0.25) is 0 Å². The summed E-state index contributed by atoms with van der Waals surface area (Å²) in [4.78, 5) is 0. The van der Waals surface area contributed by atoms with Crippen LogP contribution in [0, 0.1) is 24.2 Å². The third-order valence-electron chi connectivity index (χ3n) is 8.16. The zero-order valence-electron chi connectivity index (χ0n) is 25.8. The van der Waals surface area contributed by atoms with E-state index >= 15 is 0 Å². The van der Waals surface area contributed by atoms with E-state index in [9.17, 15) is 0 Å². The highest BCUT2D eigenvalue weighted by molar-refractivity contribution is 5.82. The Morgan fingerprint density at radius 3 is 1.74 bits per heavy atom. The van der Waals surface area contributed by atoms with Gasteiger partial charge in [-0.2, -0.15) is 0 Å². The van der Waals surface area contributed by atoms with E-state index in [0.29, 0.717) is 26.4 Å². The van der Waals surface area contributed by atoms with E-state index in [-0.39, 0.29) is 5.41 Å². The van der Waals surface area contributed by atoms with Crippen LogP contribution in [-0.2, 0) is 14.9 Å². The van der Waals surface area contributed by atoms with Crippen LogP contribution in [0.25, 0.3) is 11.1 Å². The molecule has 0 bridgehead atoms. The maximum absolute atomic E-state index is 5.84. The molecule has 0 atom stereocenters. The Balaban J connectivity index is 1.45. The summed E-state index contributed by atoms with van der Waals surface area (Å²) in [7, 11) is 0. The maximum atomic E-state index is 5.84. The molecule has 0 aromatic heterocycles. The van der Waals surface area contributed by atoms with Gasteiger partial charge in [0.1, 0.15) is 12.4 Å². The summed E-state index contributed by atoms with van der Waals surface area (Å²) in [6, 6.07) is 21.3. The van der Waals surface area contributed by atoms with Gasteiger partial charge in [0.2, 0.25) is 0 Å².